The maximum Gasteiger partial charge on any atom is 0.259 e. The van der Waals surface area contributed by atoms with E-state index in [0.29, 0.717) is 28.2 Å². The highest BCUT2D eigenvalue weighted by Gasteiger charge is 2.15. The number of thiophene rings is 1. The summed E-state index contributed by atoms with van der Waals surface area (Å²) in [5, 5.41) is 13.3. The molecule has 1 saturated carbocycles. The highest BCUT2D eigenvalue weighted by molar-refractivity contribution is 7.17. The van der Waals surface area contributed by atoms with Crippen LogP contribution in [-0.2, 0) is 0 Å². The van der Waals surface area contributed by atoms with Crippen LogP contribution in [0.15, 0.2) is 23.7 Å². The van der Waals surface area contributed by atoms with Crippen LogP contribution < -0.4 is 11.1 Å². The Morgan fingerprint density at radius 2 is 1.86 bits per heavy atom. The molecule has 1 amide bonds. The summed E-state index contributed by atoms with van der Waals surface area (Å²) in [7, 11) is 0. The van der Waals surface area contributed by atoms with Gasteiger partial charge in [0.15, 0.2) is 0 Å². The fourth-order valence-corrected chi connectivity index (χ4v) is 3.84. The molecule has 3 N–H and O–H groups in total. The van der Waals surface area contributed by atoms with Crippen molar-refractivity contribution in [3.8, 4) is 6.07 Å². The van der Waals surface area contributed by atoms with Gasteiger partial charge in [-0.15, -0.1) is 11.3 Å². The average Bonchev–Trinajstić information content (AvgIpc) is 3.13. The molecule has 7 nitrogen and oxygen atoms in total. The Morgan fingerprint density at radius 1 is 1.18 bits per heavy atom. The third-order valence-corrected chi connectivity index (χ3v) is 5.43. The van der Waals surface area contributed by atoms with Gasteiger partial charge in [-0.2, -0.15) is 5.26 Å². The number of hydrogen-bond donors (Lipinski definition) is 2. The Bertz CT molecular complexity index is 1010. The Labute approximate surface area is 167 Å². The molecule has 0 aliphatic heterocycles. The van der Waals surface area contributed by atoms with Gasteiger partial charge in [-0.3, -0.25) is 4.79 Å². The minimum absolute atomic E-state index is 0.118. The molecule has 3 aromatic heterocycles. The minimum atomic E-state index is -0.332. The van der Waals surface area contributed by atoms with Gasteiger partial charge in [0.1, 0.15) is 11.9 Å². The Morgan fingerprint density at radius 3 is 2.46 bits per heavy atom. The second-order valence-corrected chi connectivity index (χ2v) is 7.52. The molecule has 0 aromatic carbocycles. The molecule has 1 aliphatic rings. The van der Waals surface area contributed by atoms with E-state index in [0.717, 1.165) is 4.70 Å². The SMILES string of the molecule is C1CCCCC1.Cc1nc(NC(=O)c2csc3cnc(N)nc23)ccc1C#N. The first-order valence-electron chi connectivity index (χ1n) is 9.27. The Hall–Kier alpha value is -3.05. The van der Waals surface area contributed by atoms with Crippen molar-refractivity contribution in [1.82, 2.24) is 15.0 Å². The third-order valence-electron chi connectivity index (χ3n) is 4.53. The molecule has 0 atom stereocenters. The lowest BCUT2D eigenvalue weighted by molar-refractivity contribution is 0.102. The van der Waals surface area contributed by atoms with Gasteiger partial charge in [-0.05, 0) is 19.1 Å². The van der Waals surface area contributed by atoms with Gasteiger partial charge in [0.25, 0.3) is 5.91 Å². The molecular formula is C20H22N6OS. The fourth-order valence-electron chi connectivity index (χ4n) is 3.00. The standard InChI is InChI=1S/C14H10N6OS.C6H12/c1-7-8(4-15)2-3-11(18-7)19-13(21)9-6-22-10-5-17-14(16)20-12(9)10;1-2-4-6-5-3-1/h2-3,5-6H,1H3,(H2,16,17,20)(H,18,19,21);1-6H2. The molecule has 0 saturated heterocycles. The number of aromatic nitrogens is 3. The average molecular weight is 395 g/mol. The van der Waals surface area contributed by atoms with E-state index in [9.17, 15) is 4.79 Å². The molecule has 3 aromatic rings. The zero-order chi connectivity index (χ0) is 19.9. The van der Waals surface area contributed by atoms with Crippen LogP contribution in [-0.4, -0.2) is 20.9 Å². The van der Waals surface area contributed by atoms with Crippen molar-refractivity contribution in [3.63, 3.8) is 0 Å². The van der Waals surface area contributed by atoms with Crippen LogP contribution in [0.4, 0.5) is 11.8 Å². The zero-order valence-electron chi connectivity index (χ0n) is 15.7. The van der Waals surface area contributed by atoms with Crippen molar-refractivity contribution in [3.05, 3.63) is 40.5 Å². The second-order valence-electron chi connectivity index (χ2n) is 6.61. The predicted molar refractivity (Wildman–Crippen MR) is 111 cm³/mol. The summed E-state index contributed by atoms with van der Waals surface area (Å²) in [6.07, 6.45) is 10.6. The van der Waals surface area contributed by atoms with Crippen molar-refractivity contribution >= 4 is 39.2 Å². The van der Waals surface area contributed by atoms with E-state index in [1.165, 1.54) is 49.9 Å². The lowest BCUT2D eigenvalue weighted by Gasteiger charge is -2.05. The molecule has 0 radical (unpaired) electrons. The highest BCUT2D eigenvalue weighted by atomic mass is 32.1. The number of rotatable bonds is 2. The van der Waals surface area contributed by atoms with Crippen LogP contribution in [0.5, 0.6) is 0 Å². The molecule has 1 aliphatic carbocycles. The molecular weight excluding hydrogens is 372 g/mol. The first-order valence-corrected chi connectivity index (χ1v) is 10.2. The maximum absolute atomic E-state index is 12.4. The number of amides is 1. The topological polar surface area (TPSA) is 118 Å². The molecule has 144 valence electrons. The summed E-state index contributed by atoms with van der Waals surface area (Å²) < 4.78 is 0.781. The van der Waals surface area contributed by atoms with E-state index in [2.05, 4.69) is 20.3 Å². The highest BCUT2D eigenvalue weighted by Crippen LogP contribution is 2.25. The molecule has 8 heteroatoms. The van der Waals surface area contributed by atoms with Gasteiger partial charge >= 0.3 is 0 Å². The van der Waals surface area contributed by atoms with Crippen molar-refractivity contribution < 1.29 is 4.79 Å². The Balaban J connectivity index is 0.000000320. The van der Waals surface area contributed by atoms with Crippen molar-refractivity contribution in [2.24, 2.45) is 0 Å². The van der Waals surface area contributed by atoms with Gasteiger partial charge in [0, 0.05) is 5.38 Å². The van der Waals surface area contributed by atoms with Gasteiger partial charge in [-0.1, -0.05) is 38.5 Å². The predicted octanol–water partition coefficient (Wildman–Crippen LogP) is 4.44. The summed E-state index contributed by atoms with van der Waals surface area (Å²) >= 11 is 1.37. The van der Waals surface area contributed by atoms with Crippen LogP contribution in [0.2, 0.25) is 0 Å². The fraction of sp³-hybridized carbons (Fsp3) is 0.350. The molecule has 4 rings (SSSR count). The number of aryl methyl sites for hydroxylation is 1. The van der Waals surface area contributed by atoms with Crippen molar-refractivity contribution in [2.45, 2.75) is 45.4 Å². The third kappa shape index (κ3) is 4.81. The summed E-state index contributed by atoms with van der Waals surface area (Å²) in [4.78, 5) is 24.5. The molecule has 0 unspecified atom stereocenters. The van der Waals surface area contributed by atoms with Crippen LogP contribution in [0, 0.1) is 18.3 Å². The zero-order valence-corrected chi connectivity index (χ0v) is 16.6. The molecule has 28 heavy (non-hydrogen) atoms. The number of carbonyl (C=O) groups is 1. The first-order chi connectivity index (χ1) is 13.6. The smallest absolute Gasteiger partial charge is 0.259 e. The molecule has 0 bridgehead atoms. The van der Waals surface area contributed by atoms with Crippen molar-refractivity contribution in [2.75, 3.05) is 11.1 Å². The number of fused-ring (bicyclic) bond motifs is 1. The van der Waals surface area contributed by atoms with Crippen molar-refractivity contribution in [1.29, 1.82) is 5.26 Å². The maximum atomic E-state index is 12.4. The van der Waals surface area contributed by atoms with E-state index in [1.54, 1.807) is 30.6 Å². The number of pyridine rings is 1. The van der Waals surface area contributed by atoms with E-state index in [-0.39, 0.29) is 11.9 Å². The number of nitrogens with one attached hydrogen (secondary N) is 1. The van der Waals surface area contributed by atoms with E-state index < -0.39 is 0 Å². The van der Waals surface area contributed by atoms with Gasteiger partial charge in [0.2, 0.25) is 5.95 Å². The quantitative estimate of drug-likeness (QED) is 0.663. The molecule has 3 heterocycles. The summed E-state index contributed by atoms with van der Waals surface area (Å²) in [5.74, 6) is 0.163. The van der Waals surface area contributed by atoms with Gasteiger partial charge in [-0.25, -0.2) is 15.0 Å². The number of nitrogens with zero attached hydrogens (tertiary/aromatic N) is 4. The lowest BCUT2D eigenvalue weighted by Crippen LogP contribution is -2.13. The monoisotopic (exact) mass is 394 g/mol. The number of hydrogen-bond acceptors (Lipinski definition) is 7. The van der Waals surface area contributed by atoms with Crippen LogP contribution in [0.3, 0.4) is 0 Å². The van der Waals surface area contributed by atoms with E-state index in [1.807, 2.05) is 6.07 Å². The summed E-state index contributed by atoms with van der Waals surface area (Å²) in [6, 6.07) is 5.23. The minimum Gasteiger partial charge on any atom is -0.368 e. The number of anilines is 2. The normalized spacial score (nSPS) is 13.3. The van der Waals surface area contributed by atoms with Gasteiger partial charge < -0.3 is 11.1 Å². The number of nitriles is 1. The Kier molecular flexibility index (Phi) is 6.50. The van der Waals surface area contributed by atoms with Crippen LogP contribution >= 0.6 is 11.3 Å². The van der Waals surface area contributed by atoms with Gasteiger partial charge in [0.05, 0.1) is 33.2 Å². The number of nitrogens with two attached hydrogens (primary N) is 1. The number of nitrogen functional groups attached to an aromatic ring is 1. The van der Waals surface area contributed by atoms with Crippen LogP contribution in [0.25, 0.3) is 10.2 Å². The number of carbonyl (C=O) groups excluding carboxylic acids is 1. The first kappa shape index (κ1) is 19.7. The van der Waals surface area contributed by atoms with Crippen LogP contribution in [0.1, 0.15) is 60.1 Å². The molecule has 0 spiro atoms. The largest absolute Gasteiger partial charge is 0.368 e. The molecule has 1 fully saturated rings. The summed E-state index contributed by atoms with van der Waals surface area (Å²) in [5.41, 5.74) is 7.52. The van der Waals surface area contributed by atoms with E-state index in [4.69, 9.17) is 11.0 Å². The summed E-state index contributed by atoms with van der Waals surface area (Å²) in [6.45, 7) is 1.71. The second kappa shape index (κ2) is 9.24. The lowest BCUT2D eigenvalue weighted by atomic mass is 10.0. The van der Waals surface area contributed by atoms with E-state index >= 15 is 0 Å².